The molecule has 3 rings (SSSR count). The van der Waals surface area contributed by atoms with Crippen LogP contribution in [-0.4, -0.2) is 24.5 Å². The van der Waals surface area contributed by atoms with Crippen LogP contribution in [0.2, 0.25) is 0 Å². The van der Waals surface area contributed by atoms with E-state index in [-0.39, 0.29) is 11.8 Å². The number of likely N-dealkylation sites (N-methyl/N-ethyl adjacent to an activating group) is 1. The van der Waals surface area contributed by atoms with Gasteiger partial charge < -0.3 is 14.8 Å². The number of carbonyl (C=O) groups is 1. The van der Waals surface area contributed by atoms with Gasteiger partial charge in [0.15, 0.2) is 0 Å². The van der Waals surface area contributed by atoms with Gasteiger partial charge in [-0.2, -0.15) is 0 Å². The van der Waals surface area contributed by atoms with E-state index in [1.165, 1.54) is 0 Å². The molecule has 1 aliphatic heterocycles. The lowest BCUT2D eigenvalue weighted by molar-refractivity contribution is -0.109. The molecule has 1 N–H and O–H groups in total. The van der Waals surface area contributed by atoms with E-state index in [0.29, 0.717) is 0 Å². The molecule has 3 nitrogen and oxygen atoms in total. The molecule has 1 heterocycles. The van der Waals surface area contributed by atoms with Gasteiger partial charge in [-0.15, -0.1) is 11.8 Å². The van der Waals surface area contributed by atoms with Gasteiger partial charge >= 0.3 is 0 Å². The van der Waals surface area contributed by atoms with Gasteiger partial charge in [-0.25, -0.2) is 0 Å². The first-order valence-corrected chi connectivity index (χ1v) is 8.20. The van der Waals surface area contributed by atoms with Crippen molar-refractivity contribution in [2.24, 2.45) is 0 Å². The van der Waals surface area contributed by atoms with Crippen molar-refractivity contribution in [2.45, 2.75) is 29.0 Å². The molecule has 0 aliphatic carbocycles. The van der Waals surface area contributed by atoms with Gasteiger partial charge in [0.05, 0.1) is 10.4 Å². The Bertz CT molecular complexity index is 703. The van der Waals surface area contributed by atoms with Crippen LogP contribution in [0.5, 0.6) is 5.75 Å². The number of aromatic hydroxyl groups is 1. The predicted molar refractivity (Wildman–Crippen MR) is 90.6 cm³/mol. The first-order chi connectivity index (χ1) is 10.6. The Balaban J connectivity index is 2.23. The number of hydrogen-bond donors (Lipinski definition) is 1. The quantitative estimate of drug-likeness (QED) is 0.875. The summed E-state index contributed by atoms with van der Waals surface area (Å²) in [6, 6.07) is 15.1. The summed E-state index contributed by atoms with van der Waals surface area (Å²) >= 11 is 1.68. The summed E-state index contributed by atoms with van der Waals surface area (Å²) < 4.78 is -0.490. The van der Waals surface area contributed by atoms with Crippen LogP contribution in [0.1, 0.15) is 18.9 Å². The summed E-state index contributed by atoms with van der Waals surface area (Å²) in [7, 11) is 1.95. The van der Waals surface area contributed by atoms with Crippen molar-refractivity contribution < 1.29 is 9.90 Å². The van der Waals surface area contributed by atoms with Gasteiger partial charge in [0.2, 0.25) is 0 Å². The van der Waals surface area contributed by atoms with Crippen molar-refractivity contribution in [1.29, 1.82) is 0 Å². The molecule has 114 valence electrons. The second kappa shape index (κ2) is 5.69. The van der Waals surface area contributed by atoms with E-state index in [9.17, 15) is 9.90 Å². The zero-order chi connectivity index (χ0) is 15.7. The van der Waals surface area contributed by atoms with Crippen LogP contribution in [-0.2, 0) is 9.54 Å². The molecule has 0 aromatic heterocycles. The Labute approximate surface area is 135 Å². The summed E-state index contributed by atoms with van der Waals surface area (Å²) in [4.78, 5) is 15.1. The van der Waals surface area contributed by atoms with Gasteiger partial charge in [0.25, 0.3) is 0 Å². The highest BCUT2D eigenvalue weighted by atomic mass is 32.2. The van der Waals surface area contributed by atoms with Gasteiger partial charge in [0, 0.05) is 17.5 Å². The average molecular weight is 313 g/mol. The van der Waals surface area contributed by atoms with Crippen LogP contribution in [0.25, 0.3) is 0 Å². The van der Waals surface area contributed by atoms with E-state index in [1.807, 2.05) is 48.3 Å². The third-order valence-corrected chi connectivity index (χ3v) is 6.13. The molecule has 0 saturated heterocycles. The second-order valence-corrected chi connectivity index (χ2v) is 6.89. The number of carbonyl (C=O) groups excluding carboxylic acids is 1. The topological polar surface area (TPSA) is 40.5 Å². The SMILES string of the molecule is CCC1(c2ccccc2O)Sc2ccccc2N(C)C1C=O. The number of anilines is 1. The fourth-order valence-electron chi connectivity index (χ4n) is 3.27. The number of benzene rings is 2. The summed E-state index contributed by atoms with van der Waals surface area (Å²) in [5, 5.41) is 10.4. The number of para-hydroxylation sites is 2. The normalized spacial score (nSPS) is 23.9. The standard InChI is InChI=1S/C18H19NO2S/c1-3-18(13-8-4-6-10-15(13)21)17(12-20)19(2)14-9-5-7-11-16(14)22-18/h4-12,17,21H,3H2,1-2H3. The fraction of sp³-hybridized carbons (Fsp3) is 0.278. The van der Waals surface area contributed by atoms with E-state index < -0.39 is 4.75 Å². The van der Waals surface area contributed by atoms with Gasteiger partial charge in [-0.05, 0) is 24.6 Å². The van der Waals surface area contributed by atoms with Gasteiger partial charge in [-0.3, -0.25) is 0 Å². The average Bonchev–Trinajstić information content (AvgIpc) is 2.55. The minimum absolute atomic E-state index is 0.247. The van der Waals surface area contributed by atoms with Crippen molar-refractivity contribution >= 4 is 23.7 Å². The molecule has 22 heavy (non-hydrogen) atoms. The highest BCUT2D eigenvalue weighted by Gasteiger charge is 2.47. The molecular weight excluding hydrogens is 294 g/mol. The maximum atomic E-state index is 11.9. The molecule has 0 amide bonds. The first-order valence-electron chi connectivity index (χ1n) is 7.38. The third-order valence-electron chi connectivity index (χ3n) is 4.45. The first kappa shape index (κ1) is 15.0. The number of rotatable bonds is 3. The predicted octanol–water partition coefficient (Wildman–Crippen LogP) is 3.81. The second-order valence-electron chi connectivity index (χ2n) is 5.52. The lowest BCUT2D eigenvalue weighted by Crippen LogP contribution is -2.51. The smallest absolute Gasteiger partial charge is 0.144 e. The summed E-state index contributed by atoms with van der Waals surface area (Å²) in [6.45, 7) is 2.07. The Kier molecular flexibility index (Phi) is 3.87. The van der Waals surface area contributed by atoms with Crippen LogP contribution < -0.4 is 4.90 Å². The maximum absolute atomic E-state index is 11.9. The van der Waals surface area contributed by atoms with Crippen LogP contribution >= 0.6 is 11.8 Å². The van der Waals surface area contributed by atoms with E-state index in [4.69, 9.17) is 0 Å². The summed E-state index contributed by atoms with van der Waals surface area (Å²) in [5.74, 6) is 0.247. The number of thioether (sulfide) groups is 1. The Hall–Kier alpha value is -1.94. The Morgan fingerprint density at radius 3 is 2.59 bits per heavy atom. The maximum Gasteiger partial charge on any atom is 0.144 e. The van der Waals surface area contributed by atoms with Gasteiger partial charge in [-0.1, -0.05) is 37.3 Å². The zero-order valence-electron chi connectivity index (χ0n) is 12.7. The highest BCUT2D eigenvalue weighted by Crippen LogP contribution is 2.55. The van der Waals surface area contributed by atoms with E-state index >= 15 is 0 Å². The fourth-order valence-corrected chi connectivity index (χ4v) is 4.89. The lowest BCUT2D eigenvalue weighted by atomic mass is 9.86. The molecule has 0 bridgehead atoms. The minimum atomic E-state index is -0.490. The molecule has 2 aromatic rings. The molecule has 0 fully saturated rings. The van der Waals surface area contributed by atoms with Crippen LogP contribution in [0.15, 0.2) is 53.4 Å². The van der Waals surface area contributed by atoms with Crippen molar-refractivity contribution in [1.82, 2.24) is 0 Å². The molecule has 0 radical (unpaired) electrons. The number of fused-ring (bicyclic) bond motifs is 1. The molecule has 2 unspecified atom stereocenters. The van der Waals surface area contributed by atoms with E-state index in [2.05, 4.69) is 13.0 Å². The number of phenolic OH excluding ortho intramolecular Hbond substituents is 1. The monoisotopic (exact) mass is 313 g/mol. The molecule has 2 aromatic carbocycles. The number of hydrogen-bond acceptors (Lipinski definition) is 4. The van der Waals surface area contributed by atoms with Crippen molar-refractivity contribution in [3.63, 3.8) is 0 Å². The lowest BCUT2D eigenvalue weighted by Gasteiger charge is -2.47. The number of aldehydes is 1. The van der Waals surface area contributed by atoms with Crippen molar-refractivity contribution in [3.8, 4) is 5.75 Å². The summed E-state index contributed by atoms with van der Waals surface area (Å²) in [5.41, 5.74) is 1.88. The van der Waals surface area contributed by atoms with E-state index in [1.54, 1.807) is 17.8 Å². The molecule has 2 atom stereocenters. The van der Waals surface area contributed by atoms with Crippen LogP contribution in [0.4, 0.5) is 5.69 Å². The molecule has 0 spiro atoms. The Morgan fingerprint density at radius 1 is 1.23 bits per heavy atom. The third kappa shape index (κ3) is 2.10. The highest BCUT2D eigenvalue weighted by molar-refractivity contribution is 8.00. The van der Waals surface area contributed by atoms with Crippen LogP contribution in [0.3, 0.4) is 0 Å². The van der Waals surface area contributed by atoms with Gasteiger partial charge in [0.1, 0.15) is 18.1 Å². The van der Waals surface area contributed by atoms with E-state index in [0.717, 1.165) is 28.9 Å². The van der Waals surface area contributed by atoms with Crippen molar-refractivity contribution in [3.05, 3.63) is 54.1 Å². The largest absolute Gasteiger partial charge is 0.508 e. The Morgan fingerprint density at radius 2 is 1.91 bits per heavy atom. The number of nitrogens with zero attached hydrogens (tertiary/aromatic N) is 1. The number of phenols is 1. The zero-order valence-corrected chi connectivity index (χ0v) is 13.5. The molecule has 1 aliphatic rings. The molecule has 4 heteroatoms. The van der Waals surface area contributed by atoms with Crippen molar-refractivity contribution in [2.75, 3.05) is 11.9 Å². The van der Waals surface area contributed by atoms with Crippen LogP contribution in [0, 0.1) is 0 Å². The molecule has 0 saturated carbocycles. The molecular formula is C18H19NO2S. The minimum Gasteiger partial charge on any atom is -0.508 e. The summed E-state index contributed by atoms with van der Waals surface area (Å²) in [6.07, 6.45) is 1.75.